The quantitative estimate of drug-likeness (QED) is 0.678. The van der Waals surface area contributed by atoms with Crippen LogP contribution in [-0.4, -0.2) is 47.2 Å². The molecule has 1 saturated carbocycles. The van der Waals surface area contributed by atoms with Crippen LogP contribution in [0.2, 0.25) is 0 Å². The standard InChI is InChI=1S/C13H26N2O2/c1-5-15(8-10(2)3)9-13(4,12(16)17)14-11-6-7-11/h10-11,14H,5-9H2,1-4H3,(H,16,17). The van der Waals surface area contributed by atoms with Gasteiger partial charge in [-0.3, -0.25) is 10.1 Å². The number of aliphatic carboxylic acids is 1. The molecule has 0 aromatic carbocycles. The van der Waals surface area contributed by atoms with Gasteiger partial charge in [0.05, 0.1) is 0 Å². The van der Waals surface area contributed by atoms with E-state index in [1.807, 2.05) is 0 Å². The van der Waals surface area contributed by atoms with Crippen LogP contribution in [0.15, 0.2) is 0 Å². The lowest BCUT2D eigenvalue weighted by atomic mass is 10.0. The third-order valence-corrected chi connectivity index (χ3v) is 3.18. The minimum Gasteiger partial charge on any atom is -0.480 e. The minimum absolute atomic E-state index is 0.411. The van der Waals surface area contributed by atoms with Gasteiger partial charge < -0.3 is 10.0 Å². The van der Waals surface area contributed by atoms with Gasteiger partial charge in [0.1, 0.15) is 5.54 Å². The Hall–Kier alpha value is -0.610. The monoisotopic (exact) mass is 242 g/mol. The van der Waals surface area contributed by atoms with Crippen molar-refractivity contribution in [2.75, 3.05) is 19.6 Å². The summed E-state index contributed by atoms with van der Waals surface area (Å²) in [6.07, 6.45) is 2.22. The van der Waals surface area contributed by atoms with E-state index in [4.69, 9.17) is 0 Å². The second kappa shape index (κ2) is 5.83. The molecule has 0 radical (unpaired) electrons. The number of likely N-dealkylation sites (N-methyl/N-ethyl adjacent to an activating group) is 1. The van der Waals surface area contributed by atoms with Crippen molar-refractivity contribution in [1.82, 2.24) is 10.2 Å². The number of carbonyl (C=O) groups is 1. The summed E-state index contributed by atoms with van der Waals surface area (Å²) in [5.41, 5.74) is -0.813. The molecule has 0 aliphatic heterocycles. The molecule has 1 aliphatic carbocycles. The first-order valence-corrected chi connectivity index (χ1v) is 6.61. The SMILES string of the molecule is CCN(CC(C)C)CC(C)(NC1CC1)C(=O)O. The summed E-state index contributed by atoms with van der Waals surface area (Å²) in [6, 6.07) is 0.411. The smallest absolute Gasteiger partial charge is 0.324 e. The molecule has 4 heteroatoms. The topological polar surface area (TPSA) is 52.6 Å². The summed E-state index contributed by atoms with van der Waals surface area (Å²) in [6.45, 7) is 10.6. The third kappa shape index (κ3) is 4.64. The predicted octanol–water partition coefficient (Wildman–Crippen LogP) is 1.56. The lowest BCUT2D eigenvalue weighted by Crippen LogP contribution is -2.58. The van der Waals surface area contributed by atoms with Gasteiger partial charge in [0.25, 0.3) is 0 Å². The molecule has 4 nitrogen and oxygen atoms in total. The van der Waals surface area contributed by atoms with E-state index < -0.39 is 11.5 Å². The van der Waals surface area contributed by atoms with Crippen LogP contribution in [0.1, 0.15) is 40.5 Å². The highest BCUT2D eigenvalue weighted by Gasteiger charge is 2.39. The Morgan fingerprint density at radius 3 is 2.47 bits per heavy atom. The van der Waals surface area contributed by atoms with Gasteiger partial charge in [-0.25, -0.2) is 0 Å². The Morgan fingerprint density at radius 2 is 2.12 bits per heavy atom. The van der Waals surface area contributed by atoms with Gasteiger partial charge >= 0.3 is 5.97 Å². The summed E-state index contributed by atoms with van der Waals surface area (Å²) < 4.78 is 0. The first-order chi connectivity index (χ1) is 7.87. The van der Waals surface area contributed by atoms with Gasteiger partial charge in [0, 0.05) is 19.1 Å². The molecule has 0 aromatic rings. The first-order valence-electron chi connectivity index (χ1n) is 6.61. The molecule has 0 bridgehead atoms. The van der Waals surface area contributed by atoms with Crippen LogP contribution in [0.5, 0.6) is 0 Å². The van der Waals surface area contributed by atoms with Crippen LogP contribution in [0.4, 0.5) is 0 Å². The van der Waals surface area contributed by atoms with Crippen molar-refractivity contribution in [2.24, 2.45) is 5.92 Å². The van der Waals surface area contributed by atoms with E-state index in [1.54, 1.807) is 6.92 Å². The highest BCUT2D eigenvalue weighted by atomic mass is 16.4. The van der Waals surface area contributed by atoms with Crippen LogP contribution >= 0.6 is 0 Å². The summed E-state index contributed by atoms with van der Waals surface area (Å²) in [4.78, 5) is 13.6. The molecular weight excluding hydrogens is 216 g/mol. The van der Waals surface area contributed by atoms with E-state index in [2.05, 4.69) is 31.0 Å². The van der Waals surface area contributed by atoms with Crippen molar-refractivity contribution in [1.29, 1.82) is 0 Å². The molecule has 0 heterocycles. The molecule has 1 aliphatic rings. The number of carboxylic acid groups (broad SMARTS) is 1. The van der Waals surface area contributed by atoms with Gasteiger partial charge in [-0.15, -0.1) is 0 Å². The third-order valence-electron chi connectivity index (χ3n) is 3.18. The summed E-state index contributed by atoms with van der Waals surface area (Å²) >= 11 is 0. The van der Waals surface area contributed by atoms with Crippen LogP contribution in [0, 0.1) is 5.92 Å². The van der Waals surface area contributed by atoms with Crippen molar-refractivity contribution in [3.8, 4) is 0 Å². The Balaban J connectivity index is 2.59. The summed E-state index contributed by atoms with van der Waals surface area (Å²) in [5.74, 6) is -0.180. The van der Waals surface area contributed by atoms with E-state index in [0.717, 1.165) is 25.9 Å². The molecule has 1 rings (SSSR count). The van der Waals surface area contributed by atoms with E-state index in [9.17, 15) is 9.90 Å². The summed E-state index contributed by atoms with van der Waals surface area (Å²) in [7, 11) is 0. The molecule has 0 saturated heterocycles. The average molecular weight is 242 g/mol. The second-order valence-electron chi connectivity index (χ2n) is 5.78. The molecule has 1 fully saturated rings. The molecule has 1 unspecified atom stereocenters. The fourth-order valence-corrected chi connectivity index (χ4v) is 2.12. The van der Waals surface area contributed by atoms with Gasteiger partial charge in [-0.1, -0.05) is 20.8 Å². The fraction of sp³-hybridized carbons (Fsp3) is 0.923. The molecule has 0 spiro atoms. The van der Waals surface area contributed by atoms with Gasteiger partial charge in [-0.2, -0.15) is 0 Å². The molecule has 17 heavy (non-hydrogen) atoms. The van der Waals surface area contributed by atoms with Crippen LogP contribution < -0.4 is 5.32 Å². The Labute approximate surface area is 104 Å². The second-order valence-corrected chi connectivity index (χ2v) is 5.78. The van der Waals surface area contributed by atoms with Crippen molar-refractivity contribution < 1.29 is 9.90 Å². The van der Waals surface area contributed by atoms with Crippen LogP contribution in [0.3, 0.4) is 0 Å². The Bertz CT molecular complexity index is 264. The van der Waals surface area contributed by atoms with Crippen molar-refractivity contribution in [3.05, 3.63) is 0 Å². The van der Waals surface area contributed by atoms with E-state index in [0.29, 0.717) is 18.5 Å². The zero-order valence-electron chi connectivity index (χ0n) is 11.5. The maximum absolute atomic E-state index is 11.4. The highest BCUT2D eigenvalue weighted by Crippen LogP contribution is 2.23. The molecule has 2 N–H and O–H groups in total. The zero-order valence-corrected chi connectivity index (χ0v) is 11.5. The normalized spacial score (nSPS) is 19.6. The Morgan fingerprint density at radius 1 is 1.53 bits per heavy atom. The molecular formula is C13H26N2O2. The maximum atomic E-state index is 11.4. The van der Waals surface area contributed by atoms with Gasteiger partial charge in [0.15, 0.2) is 0 Å². The number of carboxylic acids is 1. The number of hydrogen-bond donors (Lipinski definition) is 2. The Kier molecular flexibility index (Phi) is 4.95. The average Bonchev–Trinajstić information content (AvgIpc) is 2.99. The number of hydrogen-bond acceptors (Lipinski definition) is 3. The number of rotatable bonds is 8. The van der Waals surface area contributed by atoms with Gasteiger partial charge in [-0.05, 0) is 32.2 Å². The van der Waals surface area contributed by atoms with E-state index >= 15 is 0 Å². The number of nitrogens with zero attached hydrogens (tertiary/aromatic N) is 1. The van der Waals surface area contributed by atoms with Crippen LogP contribution in [0.25, 0.3) is 0 Å². The largest absolute Gasteiger partial charge is 0.480 e. The zero-order chi connectivity index (χ0) is 13.1. The number of nitrogens with one attached hydrogen (secondary N) is 1. The van der Waals surface area contributed by atoms with Gasteiger partial charge in [0.2, 0.25) is 0 Å². The lowest BCUT2D eigenvalue weighted by Gasteiger charge is -2.33. The van der Waals surface area contributed by atoms with Crippen LogP contribution in [-0.2, 0) is 4.79 Å². The van der Waals surface area contributed by atoms with E-state index in [-0.39, 0.29) is 0 Å². The van der Waals surface area contributed by atoms with Crippen molar-refractivity contribution in [2.45, 2.75) is 52.1 Å². The van der Waals surface area contributed by atoms with E-state index in [1.165, 1.54) is 0 Å². The first kappa shape index (κ1) is 14.5. The highest BCUT2D eigenvalue weighted by molar-refractivity contribution is 5.78. The summed E-state index contributed by atoms with van der Waals surface area (Å²) in [5, 5.41) is 12.7. The maximum Gasteiger partial charge on any atom is 0.324 e. The molecule has 0 amide bonds. The molecule has 0 aromatic heterocycles. The molecule has 100 valence electrons. The fourth-order valence-electron chi connectivity index (χ4n) is 2.12. The lowest BCUT2D eigenvalue weighted by molar-refractivity contribution is -0.145. The predicted molar refractivity (Wildman–Crippen MR) is 69.2 cm³/mol. The minimum atomic E-state index is -0.813. The van der Waals surface area contributed by atoms with Crippen molar-refractivity contribution >= 4 is 5.97 Å². The molecule has 1 atom stereocenters. The van der Waals surface area contributed by atoms with Crippen molar-refractivity contribution in [3.63, 3.8) is 0 Å².